The molecule has 38 heteroatoms. The third-order valence-corrected chi connectivity index (χ3v) is 7.66. The highest BCUT2D eigenvalue weighted by Crippen LogP contribution is 2.66. The van der Waals surface area contributed by atoms with E-state index in [1.807, 2.05) is 0 Å². The first-order chi connectivity index (χ1) is 25.5. The van der Waals surface area contributed by atoms with Crippen molar-refractivity contribution in [3.8, 4) is 0 Å². The molecule has 0 aliphatic carbocycles. The Hall–Kier alpha value is -2.72. The molecule has 4 nitrogen and oxygen atoms in total. The van der Waals surface area contributed by atoms with Gasteiger partial charge in [-0.1, -0.05) is 0 Å². The lowest BCUT2D eigenvalue weighted by molar-refractivity contribution is -0.446. The van der Waals surface area contributed by atoms with E-state index in [4.69, 9.17) is 0 Å². The van der Waals surface area contributed by atoms with Crippen LogP contribution >= 0.6 is 23.2 Å². The van der Waals surface area contributed by atoms with E-state index >= 15 is 0 Å². The van der Waals surface area contributed by atoms with Crippen molar-refractivity contribution in [2.24, 2.45) is 0 Å². The Morgan fingerprint density at radius 2 is 0.433 bits per heavy atom. The molecule has 358 valence electrons. The highest BCUT2D eigenvalue weighted by Gasteiger charge is 2.97. The molecule has 0 atom stereocenters. The molecule has 0 rings (SSSR count). The van der Waals surface area contributed by atoms with Gasteiger partial charge in [-0.25, -0.2) is 0 Å². The van der Waals surface area contributed by atoms with Gasteiger partial charge in [-0.2, -0.15) is 140 Å². The summed E-state index contributed by atoms with van der Waals surface area (Å²) in [6, 6.07) is 0. The molecule has 0 aliphatic rings. The number of carbonyl (C=O) groups is 2. The van der Waals surface area contributed by atoms with Gasteiger partial charge >= 0.3 is 93.7 Å². The number of nitrogens with one attached hydrogen (secondary N) is 2. The van der Waals surface area contributed by atoms with Crippen molar-refractivity contribution in [1.82, 2.24) is 10.6 Å². The number of rotatable bonds is 21. The molecule has 0 aromatic carbocycles. The summed E-state index contributed by atoms with van der Waals surface area (Å²) in [4.78, 5) is 22.7. The molecule has 0 heterocycles. The lowest BCUT2D eigenvalue weighted by Gasteiger charge is -2.42. The van der Waals surface area contributed by atoms with Gasteiger partial charge < -0.3 is 10.6 Å². The van der Waals surface area contributed by atoms with Gasteiger partial charge in [-0.05, 0) is 36.0 Å². The second-order valence-corrected chi connectivity index (χ2v) is 12.2. The van der Waals surface area contributed by atoms with Crippen molar-refractivity contribution in [3.05, 3.63) is 0 Å². The maximum absolute atomic E-state index is 13.9. The van der Waals surface area contributed by atoms with Crippen LogP contribution in [0.4, 0.5) is 140 Å². The SMILES string of the molecule is O=C(NCCCCNC(=O)C(F)(F)C(F)(F)C(F)(F)C(F)(F)C(F)(F)C(F)(F)C(F)(F)C(F)(F)Cl)C(F)(F)C(F)(F)C(F)(F)C(F)(F)C(F)(F)C(F)(F)C(F)(F)C(F)(F)Cl. The van der Waals surface area contributed by atoms with Crippen molar-refractivity contribution < 1.29 is 150 Å². The van der Waals surface area contributed by atoms with Crippen molar-refractivity contribution in [1.29, 1.82) is 0 Å². The minimum atomic E-state index is -9.00. The molecule has 0 aromatic heterocycles. The highest BCUT2D eigenvalue weighted by atomic mass is 35.5. The Labute approximate surface area is 316 Å². The van der Waals surface area contributed by atoms with Gasteiger partial charge in [0, 0.05) is 13.1 Å². The molecule has 0 saturated heterocycles. The minimum Gasteiger partial charge on any atom is -0.351 e. The summed E-state index contributed by atoms with van der Waals surface area (Å²) < 4.78 is 431. The van der Waals surface area contributed by atoms with Crippen molar-refractivity contribution >= 4 is 35.0 Å². The minimum absolute atomic E-state index is 0.267. The Morgan fingerprint density at radius 3 is 0.600 bits per heavy atom. The van der Waals surface area contributed by atoms with Crippen molar-refractivity contribution in [2.45, 2.75) is 107 Å². The summed E-state index contributed by atoms with van der Waals surface area (Å²) >= 11 is 6.65. The number of alkyl halides is 34. The van der Waals surface area contributed by atoms with E-state index in [-0.39, 0.29) is 10.6 Å². The standard InChI is InChI=1S/C22H10Cl2F32N2O2/c23-21(53,54)19(49,50)17(45,46)15(41,42)13(37,38)11(33,34)9(29,30)7(25,26)5(59)57-3-1-2-4-58-6(60)8(27,28)10(31,32)12(35,36)14(39,40)16(43,44)18(47,48)20(51,52)22(24,55)56/h1-4H2,(H,57,59)(H,58,60). The molecule has 0 saturated carbocycles. The molecule has 0 spiro atoms. The average Bonchev–Trinajstić information content (AvgIpc) is 3.03. The molecule has 0 aromatic rings. The number of carbonyl (C=O) groups excluding carboxylic acids is 2. The van der Waals surface area contributed by atoms with E-state index in [2.05, 4.69) is 23.2 Å². The van der Waals surface area contributed by atoms with Crippen LogP contribution in [0.15, 0.2) is 0 Å². The van der Waals surface area contributed by atoms with Crippen LogP contribution in [0.1, 0.15) is 12.8 Å². The van der Waals surface area contributed by atoms with E-state index in [0.717, 1.165) is 0 Å². The molecule has 2 N–H and O–H groups in total. The molecule has 0 radical (unpaired) electrons. The van der Waals surface area contributed by atoms with Gasteiger partial charge in [0.15, 0.2) is 0 Å². The molecule has 0 fully saturated rings. The van der Waals surface area contributed by atoms with Gasteiger partial charge in [-0.15, -0.1) is 0 Å². The van der Waals surface area contributed by atoms with Crippen molar-refractivity contribution in [3.63, 3.8) is 0 Å². The monoisotopic (exact) mass is 1010 g/mol. The molecule has 0 aliphatic heterocycles. The second kappa shape index (κ2) is 15.5. The zero-order valence-electron chi connectivity index (χ0n) is 26.5. The number of halogens is 34. The van der Waals surface area contributed by atoms with Gasteiger partial charge in [0.05, 0.1) is 0 Å². The zero-order valence-corrected chi connectivity index (χ0v) is 28.0. The lowest BCUT2D eigenvalue weighted by Crippen LogP contribution is -2.75. The fourth-order valence-corrected chi connectivity index (χ4v) is 3.73. The third-order valence-electron chi connectivity index (χ3n) is 7.19. The molecule has 60 heavy (non-hydrogen) atoms. The predicted molar refractivity (Wildman–Crippen MR) is 126 cm³/mol. The summed E-state index contributed by atoms with van der Waals surface area (Å²) in [5.41, 5.74) is 0. The smallest absolute Gasteiger partial charge is 0.351 e. The molecule has 2 amide bonds. The Balaban J connectivity index is 6.09. The van der Waals surface area contributed by atoms with Gasteiger partial charge in [-0.3, -0.25) is 9.59 Å². The lowest BCUT2D eigenvalue weighted by atomic mass is 9.89. The largest absolute Gasteiger partial charge is 0.393 e. The topological polar surface area (TPSA) is 58.2 Å². The summed E-state index contributed by atoms with van der Waals surface area (Å²) in [6.45, 7) is -3.92. The van der Waals surface area contributed by atoms with Crippen LogP contribution in [-0.4, -0.2) is 119 Å². The first-order valence-corrected chi connectivity index (χ1v) is 14.3. The fourth-order valence-electron chi connectivity index (χ4n) is 3.49. The first kappa shape index (κ1) is 57.3. The van der Waals surface area contributed by atoms with E-state index < -0.39 is 131 Å². The molecular weight excluding hydrogens is 1000 g/mol. The third kappa shape index (κ3) is 7.82. The maximum Gasteiger partial charge on any atom is 0.393 e. The second-order valence-electron chi connectivity index (χ2n) is 11.3. The summed E-state index contributed by atoms with van der Waals surface area (Å²) in [7, 11) is 0. The Bertz CT molecular complexity index is 1450. The summed E-state index contributed by atoms with van der Waals surface area (Å²) in [6.07, 6.45) is -3.05. The molecule has 0 unspecified atom stereocenters. The quantitative estimate of drug-likeness (QED) is 0.0684. The molecule has 0 bridgehead atoms. The summed E-state index contributed by atoms with van der Waals surface area (Å²) in [5, 5.41) is -13.7. The van der Waals surface area contributed by atoms with Crippen LogP contribution in [0.25, 0.3) is 0 Å². The average molecular weight is 1010 g/mol. The summed E-state index contributed by atoms with van der Waals surface area (Å²) in [5.74, 6) is -128. The van der Waals surface area contributed by atoms with Crippen LogP contribution in [-0.2, 0) is 9.59 Å². The van der Waals surface area contributed by atoms with E-state index in [0.29, 0.717) is 0 Å². The number of amides is 2. The fraction of sp³-hybridized carbons (Fsp3) is 0.909. The number of unbranched alkanes of at least 4 members (excludes halogenated alkanes) is 1. The van der Waals surface area contributed by atoms with E-state index in [1.165, 1.54) is 0 Å². The zero-order chi connectivity index (χ0) is 49.4. The van der Waals surface area contributed by atoms with Crippen LogP contribution in [0.2, 0.25) is 0 Å². The van der Waals surface area contributed by atoms with Crippen molar-refractivity contribution in [2.75, 3.05) is 13.1 Å². The van der Waals surface area contributed by atoms with Gasteiger partial charge in [0.2, 0.25) is 0 Å². The van der Waals surface area contributed by atoms with Crippen LogP contribution in [0.5, 0.6) is 0 Å². The Kier molecular flexibility index (Phi) is 14.8. The Morgan fingerprint density at radius 1 is 0.283 bits per heavy atom. The normalized spacial score (nSPS) is 16.2. The maximum atomic E-state index is 13.9. The van der Waals surface area contributed by atoms with Crippen LogP contribution in [0, 0.1) is 0 Å². The van der Waals surface area contributed by atoms with Crippen LogP contribution in [0.3, 0.4) is 0 Å². The number of hydrogen-bond acceptors (Lipinski definition) is 2. The molecular formula is C22H10Cl2F32N2O2. The predicted octanol–water partition coefficient (Wildman–Crippen LogP) is 10.6. The van der Waals surface area contributed by atoms with E-state index in [1.54, 1.807) is 0 Å². The van der Waals surface area contributed by atoms with E-state index in [9.17, 15) is 150 Å². The van der Waals surface area contributed by atoms with Gasteiger partial charge in [0.1, 0.15) is 0 Å². The number of hydrogen-bond donors (Lipinski definition) is 2. The first-order valence-electron chi connectivity index (χ1n) is 13.5. The highest BCUT2D eigenvalue weighted by molar-refractivity contribution is 6.22. The van der Waals surface area contributed by atoms with Crippen LogP contribution < -0.4 is 10.6 Å². The van der Waals surface area contributed by atoms with Gasteiger partial charge in [0.25, 0.3) is 11.8 Å².